The third-order valence-corrected chi connectivity index (χ3v) is 6.01. The Balaban J connectivity index is 1.77. The maximum atomic E-state index is 12.2. The second-order valence-electron chi connectivity index (χ2n) is 6.88. The highest BCUT2D eigenvalue weighted by Gasteiger charge is 2.53. The number of carbonyl (C=O) groups is 1. The molecule has 3 aliphatic rings. The molecule has 2 saturated carbocycles. The van der Waals surface area contributed by atoms with Crippen molar-refractivity contribution in [3.8, 4) is 5.75 Å². The van der Waals surface area contributed by atoms with Crippen molar-refractivity contribution in [1.82, 2.24) is 0 Å². The number of carbonyl (C=O) groups excluding carboxylic acids is 1. The van der Waals surface area contributed by atoms with E-state index in [0.29, 0.717) is 29.3 Å². The molecular formula is C18H20O2. The van der Waals surface area contributed by atoms with Crippen LogP contribution in [0, 0.1) is 17.3 Å². The molecule has 3 aliphatic carbocycles. The number of phenols is 1. The first kappa shape index (κ1) is 12.2. The molecule has 0 heterocycles. The van der Waals surface area contributed by atoms with E-state index in [1.165, 1.54) is 5.56 Å². The maximum Gasteiger partial charge on any atom is 0.139 e. The number of fused-ring (bicyclic) bond motifs is 5. The van der Waals surface area contributed by atoms with E-state index >= 15 is 0 Å². The molecule has 0 amide bonds. The number of aromatic hydroxyl groups is 1. The summed E-state index contributed by atoms with van der Waals surface area (Å²) >= 11 is 0. The van der Waals surface area contributed by atoms with Crippen LogP contribution in [0.15, 0.2) is 24.3 Å². The van der Waals surface area contributed by atoms with Crippen molar-refractivity contribution in [1.29, 1.82) is 0 Å². The van der Waals surface area contributed by atoms with Crippen LogP contribution in [0.5, 0.6) is 5.75 Å². The normalized spacial score (nSPS) is 38.2. The molecule has 1 aromatic carbocycles. The van der Waals surface area contributed by atoms with Gasteiger partial charge in [0.1, 0.15) is 11.5 Å². The quantitative estimate of drug-likeness (QED) is 0.775. The minimum atomic E-state index is -0.0834. The first-order valence-electron chi connectivity index (χ1n) is 7.64. The maximum absolute atomic E-state index is 12.2. The summed E-state index contributed by atoms with van der Waals surface area (Å²) in [5.41, 5.74) is 2.43. The Kier molecular flexibility index (Phi) is 2.42. The summed E-state index contributed by atoms with van der Waals surface area (Å²) < 4.78 is 0. The van der Waals surface area contributed by atoms with Gasteiger partial charge < -0.3 is 5.11 Å². The third-order valence-electron chi connectivity index (χ3n) is 6.01. The molecule has 0 aliphatic heterocycles. The second-order valence-corrected chi connectivity index (χ2v) is 6.88. The lowest BCUT2D eigenvalue weighted by atomic mass is 9.57. The van der Waals surface area contributed by atoms with Crippen molar-refractivity contribution in [3.05, 3.63) is 35.4 Å². The first-order valence-corrected chi connectivity index (χ1v) is 7.64. The summed E-state index contributed by atoms with van der Waals surface area (Å²) in [6.07, 6.45) is 8.37. The Morgan fingerprint density at radius 1 is 1.30 bits per heavy atom. The van der Waals surface area contributed by atoms with Gasteiger partial charge >= 0.3 is 0 Å². The number of benzene rings is 1. The predicted molar refractivity (Wildman–Crippen MR) is 78.4 cm³/mol. The van der Waals surface area contributed by atoms with Crippen LogP contribution >= 0.6 is 0 Å². The monoisotopic (exact) mass is 268 g/mol. The fourth-order valence-corrected chi connectivity index (χ4v) is 4.86. The van der Waals surface area contributed by atoms with Crippen molar-refractivity contribution in [2.75, 3.05) is 0 Å². The van der Waals surface area contributed by atoms with Crippen LogP contribution in [-0.4, -0.2) is 10.9 Å². The third kappa shape index (κ3) is 1.48. The molecule has 1 aromatic rings. The number of allylic oxidation sites excluding steroid dienone is 1. The van der Waals surface area contributed by atoms with Crippen LogP contribution < -0.4 is 0 Å². The van der Waals surface area contributed by atoms with E-state index in [1.54, 1.807) is 6.07 Å². The van der Waals surface area contributed by atoms with Gasteiger partial charge in [0.2, 0.25) is 0 Å². The summed E-state index contributed by atoms with van der Waals surface area (Å²) in [4.78, 5) is 12.2. The Morgan fingerprint density at radius 2 is 2.15 bits per heavy atom. The van der Waals surface area contributed by atoms with Crippen molar-refractivity contribution >= 4 is 11.9 Å². The topological polar surface area (TPSA) is 37.3 Å². The van der Waals surface area contributed by atoms with Crippen LogP contribution in [0.3, 0.4) is 0 Å². The van der Waals surface area contributed by atoms with Gasteiger partial charge in [-0.05, 0) is 60.3 Å². The standard InChI is InChI=1S/C18H20O2/c1-18-9-8-14-13-5-3-12(19)10-11(13)2-4-15(14)16(18)6-7-17(18)20/h2-5,10,14-16,19H,6-9H2,1H3/t14-,15-,16+,18+/m0/s1. The molecule has 0 saturated heterocycles. The highest BCUT2D eigenvalue weighted by atomic mass is 16.3. The Bertz CT molecular complexity index is 616. The Hall–Kier alpha value is -1.57. The zero-order valence-corrected chi connectivity index (χ0v) is 11.8. The van der Waals surface area contributed by atoms with E-state index in [2.05, 4.69) is 25.1 Å². The van der Waals surface area contributed by atoms with Gasteiger partial charge in [-0.3, -0.25) is 4.79 Å². The highest BCUT2D eigenvalue weighted by Crippen LogP contribution is 2.58. The van der Waals surface area contributed by atoms with Crippen LogP contribution in [-0.2, 0) is 4.79 Å². The molecule has 20 heavy (non-hydrogen) atoms. The van der Waals surface area contributed by atoms with Gasteiger partial charge in [0.15, 0.2) is 0 Å². The van der Waals surface area contributed by atoms with E-state index < -0.39 is 0 Å². The summed E-state index contributed by atoms with van der Waals surface area (Å²) in [5, 5.41) is 9.63. The van der Waals surface area contributed by atoms with Gasteiger partial charge in [0.25, 0.3) is 0 Å². The van der Waals surface area contributed by atoms with Crippen molar-refractivity contribution in [2.45, 2.75) is 38.5 Å². The van der Waals surface area contributed by atoms with E-state index in [-0.39, 0.29) is 5.41 Å². The molecule has 2 heteroatoms. The van der Waals surface area contributed by atoms with Crippen LogP contribution in [0.4, 0.5) is 0 Å². The number of ketones is 1. The van der Waals surface area contributed by atoms with Gasteiger partial charge in [-0.25, -0.2) is 0 Å². The number of hydrogen-bond donors (Lipinski definition) is 1. The average molecular weight is 268 g/mol. The van der Waals surface area contributed by atoms with Gasteiger partial charge in [-0.15, -0.1) is 0 Å². The molecular weight excluding hydrogens is 248 g/mol. The minimum Gasteiger partial charge on any atom is -0.508 e. The fraction of sp³-hybridized carbons (Fsp3) is 0.500. The van der Waals surface area contributed by atoms with Crippen molar-refractivity contribution in [3.63, 3.8) is 0 Å². The second kappa shape index (κ2) is 3.97. The number of rotatable bonds is 0. The molecule has 0 spiro atoms. The van der Waals surface area contributed by atoms with Gasteiger partial charge in [0, 0.05) is 11.8 Å². The van der Waals surface area contributed by atoms with E-state index in [0.717, 1.165) is 31.2 Å². The lowest BCUT2D eigenvalue weighted by Crippen LogP contribution is -2.40. The molecule has 2 nitrogen and oxygen atoms in total. The van der Waals surface area contributed by atoms with E-state index in [9.17, 15) is 9.90 Å². The van der Waals surface area contributed by atoms with E-state index in [1.807, 2.05) is 6.07 Å². The van der Waals surface area contributed by atoms with E-state index in [4.69, 9.17) is 0 Å². The van der Waals surface area contributed by atoms with Gasteiger partial charge in [-0.2, -0.15) is 0 Å². The zero-order valence-electron chi connectivity index (χ0n) is 11.8. The molecule has 2 fully saturated rings. The summed E-state index contributed by atoms with van der Waals surface area (Å²) in [7, 11) is 0. The molecule has 0 bridgehead atoms. The number of phenolic OH excluding ortho intramolecular Hbond substituents is 1. The molecule has 0 radical (unpaired) electrons. The molecule has 104 valence electrons. The lowest BCUT2D eigenvalue weighted by molar-refractivity contribution is -0.128. The van der Waals surface area contributed by atoms with Gasteiger partial charge in [0.05, 0.1) is 0 Å². The first-order chi connectivity index (χ1) is 9.59. The minimum absolute atomic E-state index is 0.0834. The highest BCUT2D eigenvalue weighted by molar-refractivity contribution is 5.87. The molecule has 4 atom stereocenters. The fourth-order valence-electron chi connectivity index (χ4n) is 4.86. The van der Waals surface area contributed by atoms with Crippen LogP contribution in [0.2, 0.25) is 0 Å². The van der Waals surface area contributed by atoms with Crippen LogP contribution in [0.1, 0.15) is 49.7 Å². The molecule has 0 aromatic heterocycles. The summed E-state index contributed by atoms with van der Waals surface area (Å²) in [5.74, 6) is 2.35. The van der Waals surface area contributed by atoms with Crippen LogP contribution in [0.25, 0.3) is 6.08 Å². The largest absolute Gasteiger partial charge is 0.508 e. The number of Topliss-reactive ketones (excluding diaryl/α,β-unsaturated/α-hetero) is 1. The molecule has 1 N–H and O–H groups in total. The Morgan fingerprint density at radius 3 is 3.00 bits per heavy atom. The smallest absolute Gasteiger partial charge is 0.139 e. The molecule has 4 rings (SSSR count). The van der Waals surface area contributed by atoms with Crippen molar-refractivity contribution < 1.29 is 9.90 Å². The zero-order chi connectivity index (χ0) is 13.9. The Labute approximate surface area is 119 Å². The SMILES string of the molecule is C[C@@]12CC[C@H]3c4ccc(O)cc4C=C[C@@H]3[C@H]1CCC2=O. The van der Waals surface area contributed by atoms with Gasteiger partial charge in [-0.1, -0.05) is 25.1 Å². The summed E-state index contributed by atoms with van der Waals surface area (Å²) in [6, 6.07) is 5.73. The lowest BCUT2D eigenvalue weighted by Gasteiger charge is -2.46. The number of hydrogen-bond acceptors (Lipinski definition) is 2. The van der Waals surface area contributed by atoms with Crippen molar-refractivity contribution in [2.24, 2.45) is 17.3 Å². The predicted octanol–water partition coefficient (Wildman–Crippen LogP) is 3.90. The molecule has 0 unspecified atom stereocenters. The average Bonchev–Trinajstić information content (AvgIpc) is 2.74. The summed E-state index contributed by atoms with van der Waals surface area (Å²) in [6.45, 7) is 2.18.